The van der Waals surface area contributed by atoms with Gasteiger partial charge in [-0.3, -0.25) is 9.69 Å². The molecule has 39 heavy (non-hydrogen) atoms. The highest BCUT2D eigenvalue weighted by molar-refractivity contribution is 8.01. The van der Waals surface area contributed by atoms with Gasteiger partial charge in [0.1, 0.15) is 5.75 Å². The average Bonchev–Trinajstić information content (AvgIpc) is 3.45. The molecule has 0 unspecified atom stereocenters. The molecule has 0 radical (unpaired) electrons. The van der Waals surface area contributed by atoms with Crippen LogP contribution in [0.4, 0.5) is 29.3 Å². The average molecular weight is 556 g/mol. The summed E-state index contributed by atoms with van der Waals surface area (Å²) in [5.41, 5.74) is 2.76. The van der Waals surface area contributed by atoms with Gasteiger partial charge in [0, 0.05) is 23.5 Å². The molecule has 2 aliphatic rings. The molecule has 5 rings (SSSR count). The summed E-state index contributed by atoms with van der Waals surface area (Å²) in [6.45, 7) is 4.58. The van der Waals surface area contributed by atoms with Crippen molar-refractivity contribution < 1.29 is 27.5 Å². The van der Waals surface area contributed by atoms with Crippen LogP contribution in [-0.4, -0.2) is 36.2 Å². The SMILES string of the molecule is COc1ccc2c(c1)[C@@]1(SCCN1C(=O)Nc1ccc(C(C)C)cc1)C(=O)N2Cc1ccc(C(F)(F)F)cc1. The first-order chi connectivity index (χ1) is 18.5. The van der Waals surface area contributed by atoms with E-state index < -0.39 is 22.6 Å². The van der Waals surface area contributed by atoms with Gasteiger partial charge in [0.25, 0.3) is 5.91 Å². The predicted octanol–water partition coefficient (Wildman–Crippen LogP) is 6.82. The minimum absolute atomic E-state index is 0.0603. The molecule has 0 aromatic heterocycles. The molecule has 0 aliphatic carbocycles. The van der Waals surface area contributed by atoms with Gasteiger partial charge in [-0.05, 0) is 59.5 Å². The van der Waals surface area contributed by atoms with Crippen LogP contribution in [0.5, 0.6) is 5.75 Å². The number of benzene rings is 3. The minimum atomic E-state index is -4.45. The van der Waals surface area contributed by atoms with Crippen LogP contribution in [0.1, 0.15) is 42.0 Å². The summed E-state index contributed by atoms with van der Waals surface area (Å²) >= 11 is 1.37. The van der Waals surface area contributed by atoms with Crippen LogP contribution >= 0.6 is 11.8 Å². The van der Waals surface area contributed by atoms with Crippen molar-refractivity contribution in [3.05, 3.63) is 89.0 Å². The van der Waals surface area contributed by atoms with Crippen LogP contribution in [0, 0.1) is 0 Å². The maximum Gasteiger partial charge on any atom is 0.416 e. The van der Waals surface area contributed by atoms with Crippen LogP contribution < -0.4 is 15.0 Å². The summed E-state index contributed by atoms with van der Waals surface area (Å²) in [6.07, 6.45) is -4.45. The first-order valence-corrected chi connectivity index (χ1v) is 13.5. The summed E-state index contributed by atoms with van der Waals surface area (Å²) in [5.74, 6) is 1.11. The Morgan fingerprint density at radius 3 is 2.38 bits per heavy atom. The van der Waals surface area contributed by atoms with E-state index in [0.29, 0.717) is 46.5 Å². The van der Waals surface area contributed by atoms with Gasteiger partial charge in [-0.25, -0.2) is 4.79 Å². The molecular weight excluding hydrogens is 527 g/mol. The highest BCUT2D eigenvalue weighted by Crippen LogP contribution is 2.55. The van der Waals surface area contributed by atoms with Gasteiger partial charge in [-0.2, -0.15) is 13.2 Å². The third-order valence-corrected chi connectivity index (χ3v) is 8.52. The summed E-state index contributed by atoms with van der Waals surface area (Å²) < 4.78 is 44.6. The Balaban J connectivity index is 1.48. The third kappa shape index (κ3) is 4.82. The number of halogens is 3. The lowest BCUT2D eigenvalue weighted by molar-refractivity contribution is -0.137. The van der Waals surface area contributed by atoms with Gasteiger partial charge in [0.2, 0.25) is 0 Å². The topological polar surface area (TPSA) is 61.9 Å². The molecule has 1 fully saturated rings. The van der Waals surface area contributed by atoms with Crippen molar-refractivity contribution >= 4 is 35.1 Å². The van der Waals surface area contributed by atoms with Crippen LogP contribution in [0.25, 0.3) is 0 Å². The molecule has 1 saturated heterocycles. The maximum atomic E-state index is 14.2. The van der Waals surface area contributed by atoms with Gasteiger partial charge in [-0.1, -0.05) is 38.1 Å². The van der Waals surface area contributed by atoms with E-state index in [1.807, 2.05) is 24.3 Å². The van der Waals surface area contributed by atoms with Crippen molar-refractivity contribution in [3.63, 3.8) is 0 Å². The molecule has 6 nitrogen and oxygen atoms in total. The van der Waals surface area contributed by atoms with Crippen LogP contribution in [0.2, 0.25) is 0 Å². The number of nitrogens with one attached hydrogen (secondary N) is 1. The molecule has 0 bridgehead atoms. The van der Waals surface area contributed by atoms with Crippen LogP contribution in [-0.2, 0) is 22.4 Å². The summed E-state index contributed by atoms with van der Waals surface area (Å²) in [4.78, 5) is 29.5. The second-order valence-electron chi connectivity index (χ2n) is 9.82. The third-order valence-electron chi connectivity index (χ3n) is 7.10. The van der Waals surface area contributed by atoms with Crippen molar-refractivity contribution in [2.75, 3.05) is 29.6 Å². The summed E-state index contributed by atoms with van der Waals surface area (Å²) in [6, 6.07) is 17.2. The van der Waals surface area contributed by atoms with Crippen molar-refractivity contribution in [1.82, 2.24) is 4.90 Å². The monoisotopic (exact) mass is 555 g/mol. The van der Waals surface area contributed by atoms with E-state index in [1.54, 1.807) is 23.1 Å². The largest absolute Gasteiger partial charge is 0.497 e. The first-order valence-electron chi connectivity index (χ1n) is 12.5. The number of alkyl halides is 3. The molecule has 10 heteroatoms. The number of anilines is 2. The standard InChI is InChI=1S/C29H28F3N3O3S/c1-18(2)20-6-10-22(11-7-20)33-27(37)35-14-15-39-28(35)24-16-23(38-3)12-13-25(24)34(26(28)36)17-19-4-8-21(9-5-19)29(30,31)32/h4-13,16,18H,14-15,17H2,1-3H3,(H,33,37)/t28-/m1/s1. The van der Waals surface area contributed by atoms with Crippen molar-refractivity contribution in [2.24, 2.45) is 0 Å². The Morgan fingerprint density at radius 2 is 1.77 bits per heavy atom. The fourth-order valence-electron chi connectivity index (χ4n) is 5.00. The molecule has 3 aromatic carbocycles. The molecule has 0 saturated carbocycles. The molecule has 1 atom stereocenters. The second-order valence-corrected chi connectivity index (χ2v) is 11.1. The van der Waals surface area contributed by atoms with Gasteiger partial charge >= 0.3 is 12.2 Å². The molecular formula is C29H28F3N3O3S. The Bertz CT molecular complexity index is 1390. The van der Waals surface area contributed by atoms with Gasteiger partial charge in [0.05, 0.1) is 24.9 Å². The number of thioether (sulfide) groups is 1. The summed E-state index contributed by atoms with van der Waals surface area (Å²) in [7, 11) is 1.53. The Labute approximate surface area is 229 Å². The van der Waals surface area contributed by atoms with Gasteiger partial charge in [-0.15, -0.1) is 11.8 Å². The molecule has 2 heterocycles. The van der Waals surface area contributed by atoms with E-state index in [9.17, 15) is 22.8 Å². The lowest BCUT2D eigenvalue weighted by Crippen LogP contribution is -2.51. The smallest absolute Gasteiger partial charge is 0.416 e. The summed E-state index contributed by atoms with van der Waals surface area (Å²) in [5, 5.41) is 2.93. The lowest BCUT2D eigenvalue weighted by Gasteiger charge is -2.33. The predicted molar refractivity (Wildman–Crippen MR) is 146 cm³/mol. The highest BCUT2D eigenvalue weighted by atomic mass is 32.2. The number of amides is 3. The first kappa shape index (κ1) is 26.9. The molecule has 204 valence electrons. The van der Waals surface area contributed by atoms with E-state index in [1.165, 1.54) is 35.9 Å². The number of ether oxygens (including phenoxy) is 1. The number of hydrogen-bond donors (Lipinski definition) is 1. The number of methoxy groups -OCH3 is 1. The number of rotatable bonds is 5. The normalized spacial score (nSPS) is 18.7. The zero-order valence-corrected chi connectivity index (χ0v) is 22.5. The fraction of sp³-hybridized carbons (Fsp3) is 0.310. The van der Waals surface area contributed by atoms with Gasteiger partial charge < -0.3 is 15.0 Å². The quantitative estimate of drug-likeness (QED) is 0.375. The van der Waals surface area contributed by atoms with Crippen molar-refractivity contribution in [2.45, 2.75) is 37.4 Å². The number of carbonyl (C=O) groups excluding carboxylic acids is 2. The Kier molecular flexibility index (Phi) is 7.00. The zero-order valence-electron chi connectivity index (χ0n) is 21.7. The van der Waals surface area contributed by atoms with E-state index >= 15 is 0 Å². The Hall–Kier alpha value is -3.66. The van der Waals surface area contributed by atoms with Crippen molar-refractivity contribution in [3.8, 4) is 5.75 Å². The number of hydrogen-bond acceptors (Lipinski definition) is 4. The van der Waals surface area contributed by atoms with Crippen LogP contribution in [0.3, 0.4) is 0 Å². The zero-order chi connectivity index (χ0) is 27.9. The van der Waals surface area contributed by atoms with Crippen LogP contribution in [0.15, 0.2) is 66.7 Å². The molecule has 3 amide bonds. The van der Waals surface area contributed by atoms with E-state index in [0.717, 1.165) is 17.7 Å². The minimum Gasteiger partial charge on any atom is -0.497 e. The highest BCUT2D eigenvalue weighted by Gasteiger charge is 2.59. The van der Waals surface area contributed by atoms with Crippen molar-refractivity contribution in [1.29, 1.82) is 0 Å². The van der Waals surface area contributed by atoms with Gasteiger partial charge in [0.15, 0.2) is 4.87 Å². The number of fused-ring (bicyclic) bond motifs is 2. The lowest BCUT2D eigenvalue weighted by atomic mass is 10.0. The van der Waals surface area contributed by atoms with E-state index in [2.05, 4.69) is 19.2 Å². The van der Waals surface area contributed by atoms with E-state index in [-0.39, 0.29) is 12.5 Å². The maximum absolute atomic E-state index is 14.2. The molecule has 1 N–H and O–H groups in total. The second kappa shape index (κ2) is 10.1. The fourth-order valence-corrected chi connectivity index (χ4v) is 6.45. The number of urea groups is 1. The number of carbonyl (C=O) groups is 2. The molecule has 2 aliphatic heterocycles. The Morgan fingerprint density at radius 1 is 1.08 bits per heavy atom. The number of nitrogens with zero attached hydrogens (tertiary/aromatic N) is 2. The molecule has 1 spiro atoms. The molecule has 3 aromatic rings. The van der Waals surface area contributed by atoms with E-state index in [4.69, 9.17) is 4.74 Å².